The molecular weight excluding hydrogens is 264 g/mol. The third kappa shape index (κ3) is 4.19. The predicted octanol–water partition coefficient (Wildman–Crippen LogP) is 1.32. The molecule has 0 spiro atoms. The van der Waals surface area contributed by atoms with E-state index in [9.17, 15) is 8.42 Å². The Balaban J connectivity index is 3.01. The van der Waals surface area contributed by atoms with Crippen molar-refractivity contribution in [1.82, 2.24) is 4.72 Å². The minimum absolute atomic E-state index is 0.0615. The first-order valence-corrected chi connectivity index (χ1v) is 7.76. The van der Waals surface area contributed by atoms with Crippen LogP contribution in [-0.2, 0) is 10.0 Å². The fourth-order valence-electron chi connectivity index (χ4n) is 2.19. The highest BCUT2D eigenvalue weighted by Crippen LogP contribution is 2.23. The second-order valence-corrected chi connectivity index (χ2v) is 6.52. The number of aryl methyl sites for hydroxylation is 2. The summed E-state index contributed by atoms with van der Waals surface area (Å²) in [5.41, 5.74) is 7.53. The van der Waals surface area contributed by atoms with Crippen molar-refractivity contribution in [2.24, 2.45) is 0 Å². The number of anilines is 1. The van der Waals surface area contributed by atoms with Gasteiger partial charge in [-0.3, -0.25) is 0 Å². The van der Waals surface area contributed by atoms with E-state index in [1.807, 2.05) is 0 Å². The van der Waals surface area contributed by atoms with Crippen LogP contribution < -0.4 is 10.5 Å². The summed E-state index contributed by atoms with van der Waals surface area (Å²) in [7, 11) is -3.56. The third-order valence-corrected chi connectivity index (χ3v) is 4.80. The topological polar surface area (TPSA) is 92.4 Å². The summed E-state index contributed by atoms with van der Waals surface area (Å²) in [5, 5.41) is 8.76. The van der Waals surface area contributed by atoms with E-state index in [2.05, 4.69) is 4.72 Å². The molecule has 1 aromatic carbocycles. The standard InChI is InChI=1S/C13H22N2O3S/c1-9-7-12(14)8-10(2)13(9)19(17,18)15-11(3)5-4-6-16/h7-8,11,15-16H,4-6,14H2,1-3H3. The number of rotatable bonds is 6. The van der Waals surface area contributed by atoms with Crippen LogP contribution in [0.2, 0.25) is 0 Å². The van der Waals surface area contributed by atoms with Crippen molar-refractivity contribution in [1.29, 1.82) is 0 Å². The summed E-state index contributed by atoms with van der Waals surface area (Å²) < 4.78 is 27.3. The molecule has 1 unspecified atom stereocenters. The van der Waals surface area contributed by atoms with Crippen molar-refractivity contribution in [2.45, 2.75) is 44.6 Å². The minimum Gasteiger partial charge on any atom is -0.399 e. The van der Waals surface area contributed by atoms with Crippen molar-refractivity contribution in [2.75, 3.05) is 12.3 Å². The van der Waals surface area contributed by atoms with Crippen LogP contribution in [0.3, 0.4) is 0 Å². The predicted molar refractivity (Wildman–Crippen MR) is 76.4 cm³/mol. The van der Waals surface area contributed by atoms with E-state index in [0.29, 0.717) is 29.7 Å². The lowest BCUT2D eigenvalue weighted by atomic mass is 10.1. The van der Waals surface area contributed by atoms with Crippen molar-refractivity contribution >= 4 is 15.7 Å². The largest absolute Gasteiger partial charge is 0.399 e. The van der Waals surface area contributed by atoms with Crippen LogP contribution in [0.5, 0.6) is 0 Å². The van der Waals surface area contributed by atoms with Gasteiger partial charge in [-0.05, 0) is 56.9 Å². The Kier molecular flexibility index (Phi) is 5.34. The van der Waals surface area contributed by atoms with Gasteiger partial charge >= 0.3 is 0 Å². The second kappa shape index (κ2) is 6.36. The smallest absolute Gasteiger partial charge is 0.241 e. The van der Waals surface area contributed by atoms with Crippen molar-refractivity contribution in [3.63, 3.8) is 0 Å². The molecule has 1 atom stereocenters. The van der Waals surface area contributed by atoms with Crippen molar-refractivity contribution < 1.29 is 13.5 Å². The quantitative estimate of drug-likeness (QED) is 0.688. The zero-order valence-electron chi connectivity index (χ0n) is 11.6. The van der Waals surface area contributed by atoms with Gasteiger partial charge in [-0.1, -0.05) is 0 Å². The molecule has 0 saturated heterocycles. The molecule has 4 N–H and O–H groups in total. The molecule has 0 radical (unpaired) electrons. The first-order valence-electron chi connectivity index (χ1n) is 6.28. The highest BCUT2D eigenvalue weighted by atomic mass is 32.2. The number of nitrogens with one attached hydrogen (secondary N) is 1. The van der Waals surface area contributed by atoms with Crippen LogP contribution in [0.4, 0.5) is 5.69 Å². The van der Waals surface area contributed by atoms with Gasteiger partial charge in [-0.2, -0.15) is 0 Å². The molecule has 0 fully saturated rings. The minimum atomic E-state index is -3.56. The third-order valence-electron chi connectivity index (χ3n) is 2.90. The number of nitrogen functional groups attached to an aromatic ring is 1. The maximum Gasteiger partial charge on any atom is 0.241 e. The van der Waals surface area contributed by atoms with Crippen molar-refractivity contribution in [3.8, 4) is 0 Å². The maximum atomic E-state index is 12.3. The number of hydrogen-bond donors (Lipinski definition) is 3. The van der Waals surface area contributed by atoms with Gasteiger partial charge in [-0.15, -0.1) is 0 Å². The number of aliphatic hydroxyl groups excluding tert-OH is 1. The molecule has 0 bridgehead atoms. The Morgan fingerprint density at radius 3 is 2.32 bits per heavy atom. The monoisotopic (exact) mass is 286 g/mol. The van der Waals surface area contributed by atoms with Gasteiger partial charge in [0.25, 0.3) is 0 Å². The fraction of sp³-hybridized carbons (Fsp3) is 0.538. The number of hydrogen-bond acceptors (Lipinski definition) is 4. The van der Waals surface area contributed by atoms with Gasteiger partial charge < -0.3 is 10.8 Å². The Bertz CT molecular complexity index is 518. The molecule has 0 amide bonds. The average Bonchev–Trinajstić information content (AvgIpc) is 2.23. The van der Waals surface area contributed by atoms with E-state index in [0.717, 1.165) is 0 Å². The summed E-state index contributed by atoms with van der Waals surface area (Å²) in [4.78, 5) is 0.289. The molecule has 5 nitrogen and oxygen atoms in total. The summed E-state index contributed by atoms with van der Waals surface area (Å²) in [6.07, 6.45) is 1.17. The summed E-state index contributed by atoms with van der Waals surface area (Å²) >= 11 is 0. The average molecular weight is 286 g/mol. The molecule has 0 heterocycles. The summed E-state index contributed by atoms with van der Waals surface area (Å²) in [5.74, 6) is 0. The molecule has 1 aromatic rings. The molecule has 0 aliphatic rings. The molecule has 0 aromatic heterocycles. The fourth-order valence-corrected chi connectivity index (χ4v) is 3.92. The highest BCUT2D eigenvalue weighted by molar-refractivity contribution is 7.89. The van der Waals surface area contributed by atoms with Gasteiger partial charge in [0.2, 0.25) is 10.0 Å². The Labute approximate surface area is 114 Å². The van der Waals surface area contributed by atoms with E-state index >= 15 is 0 Å². The highest BCUT2D eigenvalue weighted by Gasteiger charge is 2.21. The van der Waals surface area contributed by atoms with E-state index in [1.165, 1.54) is 0 Å². The molecule has 6 heteroatoms. The van der Waals surface area contributed by atoms with Crippen LogP contribution in [0.25, 0.3) is 0 Å². The Hall–Kier alpha value is -1.11. The molecule has 1 rings (SSSR count). The summed E-state index contributed by atoms with van der Waals surface area (Å²) in [6.45, 7) is 5.31. The van der Waals surface area contributed by atoms with Gasteiger partial charge in [-0.25, -0.2) is 13.1 Å². The maximum absolute atomic E-state index is 12.3. The number of nitrogens with two attached hydrogens (primary N) is 1. The molecule has 0 aliphatic carbocycles. The number of sulfonamides is 1. The van der Waals surface area contributed by atoms with E-state index < -0.39 is 10.0 Å². The molecule has 19 heavy (non-hydrogen) atoms. The molecular formula is C13H22N2O3S. The molecule has 0 saturated carbocycles. The lowest BCUT2D eigenvalue weighted by Crippen LogP contribution is -2.33. The summed E-state index contributed by atoms with van der Waals surface area (Å²) in [6, 6.07) is 3.09. The van der Waals surface area contributed by atoms with Gasteiger partial charge in [0.15, 0.2) is 0 Å². The zero-order chi connectivity index (χ0) is 14.6. The lowest BCUT2D eigenvalue weighted by molar-refractivity contribution is 0.279. The number of aliphatic hydroxyl groups is 1. The zero-order valence-corrected chi connectivity index (χ0v) is 12.4. The Morgan fingerprint density at radius 1 is 1.32 bits per heavy atom. The number of benzene rings is 1. The van der Waals surface area contributed by atoms with E-state index in [1.54, 1.807) is 32.9 Å². The van der Waals surface area contributed by atoms with Gasteiger partial charge in [0.05, 0.1) is 4.90 Å². The second-order valence-electron chi connectivity index (χ2n) is 4.87. The lowest BCUT2D eigenvalue weighted by Gasteiger charge is -2.17. The normalized spacial score (nSPS) is 13.5. The first kappa shape index (κ1) is 15.9. The molecule has 108 valence electrons. The molecule has 0 aliphatic heterocycles. The Morgan fingerprint density at radius 2 is 1.84 bits per heavy atom. The van der Waals surface area contributed by atoms with E-state index in [-0.39, 0.29) is 17.5 Å². The first-order chi connectivity index (χ1) is 8.77. The van der Waals surface area contributed by atoms with Crippen molar-refractivity contribution in [3.05, 3.63) is 23.3 Å². The van der Waals surface area contributed by atoms with Crippen LogP contribution in [0.1, 0.15) is 30.9 Å². The van der Waals surface area contributed by atoms with Crippen LogP contribution in [0, 0.1) is 13.8 Å². The van der Waals surface area contributed by atoms with Gasteiger partial charge in [0.1, 0.15) is 0 Å². The van der Waals surface area contributed by atoms with Crippen LogP contribution >= 0.6 is 0 Å². The van der Waals surface area contributed by atoms with Crippen LogP contribution in [-0.4, -0.2) is 26.2 Å². The van der Waals surface area contributed by atoms with Crippen LogP contribution in [0.15, 0.2) is 17.0 Å². The van der Waals surface area contributed by atoms with Gasteiger partial charge in [0, 0.05) is 18.3 Å². The SMILES string of the molecule is Cc1cc(N)cc(C)c1S(=O)(=O)NC(C)CCCO. The van der Waals surface area contributed by atoms with E-state index in [4.69, 9.17) is 10.8 Å².